The van der Waals surface area contributed by atoms with E-state index in [9.17, 15) is 9.59 Å². The molecule has 21 heavy (non-hydrogen) atoms. The van der Waals surface area contributed by atoms with Gasteiger partial charge in [-0.3, -0.25) is 4.79 Å². The van der Waals surface area contributed by atoms with Gasteiger partial charge in [0.05, 0.1) is 18.4 Å². The van der Waals surface area contributed by atoms with Gasteiger partial charge in [0, 0.05) is 35.5 Å². The van der Waals surface area contributed by atoms with Gasteiger partial charge in [0.1, 0.15) is 0 Å². The molecule has 1 fully saturated rings. The molecule has 1 aliphatic rings. The molecule has 1 aromatic rings. The standard InChI is InChI=1S/C14H17ClN2O3S/c1-20-14(19)11-6-9(15)2-3-12(11)17-13(18)7-10-8-21-5-4-16-10/h2-3,6,10,16H,4-5,7-8H2,1H3,(H,17,18). The number of benzene rings is 1. The molecule has 1 atom stereocenters. The van der Waals surface area contributed by atoms with Crippen LogP contribution in [0.3, 0.4) is 0 Å². The highest BCUT2D eigenvalue weighted by molar-refractivity contribution is 7.99. The van der Waals surface area contributed by atoms with Crippen molar-refractivity contribution >= 4 is 40.9 Å². The number of hydrogen-bond acceptors (Lipinski definition) is 5. The Balaban J connectivity index is 2.04. The fourth-order valence-corrected chi connectivity index (χ4v) is 3.20. The number of carbonyl (C=O) groups excluding carboxylic acids is 2. The van der Waals surface area contributed by atoms with E-state index in [0.717, 1.165) is 18.1 Å². The second-order valence-electron chi connectivity index (χ2n) is 4.66. The van der Waals surface area contributed by atoms with E-state index in [1.54, 1.807) is 12.1 Å². The quantitative estimate of drug-likeness (QED) is 0.829. The predicted octanol–water partition coefficient (Wildman–Crippen LogP) is 2.16. The molecule has 2 N–H and O–H groups in total. The first-order valence-electron chi connectivity index (χ1n) is 6.59. The molecule has 1 unspecified atom stereocenters. The Kier molecular flexibility index (Phi) is 5.90. The number of halogens is 1. The van der Waals surface area contributed by atoms with Crippen molar-refractivity contribution in [1.29, 1.82) is 0 Å². The third-order valence-corrected chi connectivity index (χ3v) is 4.46. The number of thioether (sulfide) groups is 1. The van der Waals surface area contributed by atoms with Crippen LogP contribution in [0.2, 0.25) is 5.02 Å². The van der Waals surface area contributed by atoms with Crippen molar-refractivity contribution < 1.29 is 14.3 Å². The molecule has 1 amide bonds. The molecule has 114 valence electrons. The Bertz CT molecular complexity index is 533. The van der Waals surface area contributed by atoms with E-state index in [1.165, 1.54) is 13.2 Å². The molecule has 2 rings (SSSR count). The predicted molar refractivity (Wildman–Crippen MR) is 85.2 cm³/mol. The van der Waals surface area contributed by atoms with Gasteiger partial charge < -0.3 is 15.4 Å². The van der Waals surface area contributed by atoms with E-state index in [0.29, 0.717) is 17.1 Å². The minimum atomic E-state index is -0.529. The highest BCUT2D eigenvalue weighted by Crippen LogP contribution is 2.22. The normalized spacial score (nSPS) is 18.1. The number of hydrogen-bond donors (Lipinski definition) is 2. The van der Waals surface area contributed by atoms with Crippen molar-refractivity contribution in [1.82, 2.24) is 5.32 Å². The zero-order chi connectivity index (χ0) is 15.2. The van der Waals surface area contributed by atoms with Crippen LogP contribution in [0, 0.1) is 0 Å². The number of nitrogens with one attached hydrogen (secondary N) is 2. The number of ether oxygens (including phenoxy) is 1. The van der Waals surface area contributed by atoms with Crippen molar-refractivity contribution in [2.24, 2.45) is 0 Å². The van der Waals surface area contributed by atoms with Gasteiger partial charge in [-0.1, -0.05) is 11.6 Å². The minimum absolute atomic E-state index is 0.137. The summed E-state index contributed by atoms with van der Waals surface area (Å²) in [4.78, 5) is 23.8. The average molecular weight is 329 g/mol. The summed E-state index contributed by atoms with van der Waals surface area (Å²) in [6.07, 6.45) is 0.371. The van der Waals surface area contributed by atoms with Gasteiger partial charge in [0.2, 0.25) is 5.91 Å². The molecule has 7 heteroatoms. The van der Waals surface area contributed by atoms with Gasteiger partial charge in [-0.15, -0.1) is 0 Å². The molecule has 1 saturated heterocycles. The van der Waals surface area contributed by atoms with Gasteiger partial charge >= 0.3 is 5.97 Å². The Hall–Kier alpha value is -1.24. The van der Waals surface area contributed by atoms with Crippen molar-refractivity contribution in [2.75, 3.05) is 30.5 Å². The first-order valence-corrected chi connectivity index (χ1v) is 8.12. The summed E-state index contributed by atoms with van der Waals surface area (Å²) in [5, 5.41) is 6.47. The third kappa shape index (κ3) is 4.62. The molecule has 0 bridgehead atoms. The highest BCUT2D eigenvalue weighted by atomic mass is 35.5. The zero-order valence-corrected chi connectivity index (χ0v) is 13.2. The van der Waals surface area contributed by atoms with E-state index in [4.69, 9.17) is 16.3 Å². The maximum atomic E-state index is 12.1. The molecule has 0 spiro atoms. The molecule has 0 radical (unpaired) electrons. The van der Waals surface area contributed by atoms with Crippen LogP contribution in [0.1, 0.15) is 16.8 Å². The van der Waals surface area contributed by atoms with Crippen LogP contribution in [-0.2, 0) is 9.53 Å². The number of anilines is 1. The zero-order valence-electron chi connectivity index (χ0n) is 11.6. The number of amides is 1. The largest absolute Gasteiger partial charge is 0.465 e. The maximum absolute atomic E-state index is 12.1. The van der Waals surface area contributed by atoms with Crippen LogP contribution in [0.25, 0.3) is 0 Å². The van der Waals surface area contributed by atoms with E-state index in [-0.39, 0.29) is 17.5 Å². The molecule has 1 heterocycles. The summed E-state index contributed by atoms with van der Waals surface area (Å²) in [5.74, 6) is 1.32. The van der Waals surface area contributed by atoms with Gasteiger partial charge in [-0.2, -0.15) is 11.8 Å². The Morgan fingerprint density at radius 2 is 2.33 bits per heavy atom. The Labute approximate surface area is 132 Å². The molecule has 1 aliphatic heterocycles. The van der Waals surface area contributed by atoms with E-state index in [2.05, 4.69) is 10.6 Å². The van der Waals surface area contributed by atoms with Crippen molar-refractivity contribution in [3.63, 3.8) is 0 Å². The average Bonchev–Trinajstić information content (AvgIpc) is 2.49. The van der Waals surface area contributed by atoms with Crippen LogP contribution in [0.5, 0.6) is 0 Å². The molecule has 5 nitrogen and oxygen atoms in total. The van der Waals surface area contributed by atoms with Crippen molar-refractivity contribution in [3.8, 4) is 0 Å². The second-order valence-corrected chi connectivity index (χ2v) is 6.25. The maximum Gasteiger partial charge on any atom is 0.340 e. The van der Waals surface area contributed by atoms with E-state index >= 15 is 0 Å². The van der Waals surface area contributed by atoms with Gasteiger partial charge in [-0.25, -0.2) is 4.79 Å². The lowest BCUT2D eigenvalue weighted by Crippen LogP contribution is -2.40. The molecule has 0 aliphatic carbocycles. The molecular formula is C14H17ClN2O3S. The van der Waals surface area contributed by atoms with Crippen molar-refractivity contribution in [3.05, 3.63) is 28.8 Å². The summed E-state index contributed by atoms with van der Waals surface area (Å²) in [5.41, 5.74) is 0.670. The van der Waals surface area contributed by atoms with Crippen LogP contribution < -0.4 is 10.6 Å². The topological polar surface area (TPSA) is 67.4 Å². The van der Waals surface area contributed by atoms with Crippen LogP contribution >= 0.6 is 23.4 Å². The minimum Gasteiger partial charge on any atom is -0.465 e. The highest BCUT2D eigenvalue weighted by Gasteiger charge is 2.19. The third-order valence-electron chi connectivity index (χ3n) is 3.09. The first-order chi connectivity index (χ1) is 10.1. The van der Waals surface area contributed by atoms with Crippen LogP contribution in [-0.4, -0.2) is 43.1 Å². The lowest BCUT2D eigenvalue weighted by Gasteiger charge is -2.22. The summed E-state index contributed by atoms with van der Waals surface area (Å²) < 4.78 is 4.70. The lowest BCUT2D eigenvalue weighted by molar-refractivity contribution is -0.116. The number of rotatable bonds is 4. The monoisotopic (exact) mass is 328 g/mol. The molecule has 0 saturated carbocycles. The van der Waals surface area contributed by atoms with Gasteiger partial charge in [0.25, 0.3) is 0 Å². The summed E-state index contributed by atoms with van der Waals surface area (Å²) in [6.45, 7) is 0.914. The van der Waals surface area contributed by atoms with E-state index < -0.39 is 5.97 Å². The molecule has 1 aromatic carbocycles. The number of methoxy groups -OCH3 is 1. The SMILES string of the molecule is COC(=O)c1cc(Cl)ccc1NC(=O)CC1CSCCN1. The summed E-state index contributed by atoms with van der Waals surface area (Å²) in [6, 6.07) is 4.88. The van der Waals surface area contributed by atoms with Crippen LogP contribution in [0.4, 0.5) is 5.69 Å². The first kappa shape index (κ1) is 16.1. The Morgan fingerprint density at radius 1 is 1.52 bits per heavy atom. The second kappa shape index (κ2) is 7.68. The number of carbonyl (C=O) groups is 2. The summed E-state index contributed by atoms with van der Waals surface area (Å²) in [7, 11) is 1.29. The Morgan fingerprint density at radius 3 is 3.00 bits per heavy atom. The van der Waals surface area contributed by atoms with E-state index in [1.807, 2.05) is 11.8 Å². The summed E-state index contributed by atoms with van der Waals surface area (Å²) >= 11 is 7.71. The fourth-order valence-electron chi connectivity index (χ4n) is 2.08. The lowest BCUT2D eigenvalue weighted by atomic mass is 10.1. The van der Waals surface area contributed by atoms with Gasteiger partial charge in [-0.05, 0) is 18.2 Å². The molecule has 0 aromatic heterocycles. The number of esters is 1. The van der Waals surface area contributed by atoms with Crippen molar-refractivity contribution in [2.45, 2.75) is 12.5 Å². The smallest absolute Gasteiger partial charge is 0.340 e. The van der Waals surface area contributed by atoms with Gasteiger partial charge in [0.15, 0.2) is 0 Å². The fraction of sp³-hybridized carbons (Fsp3) is 0.429. The molecular weight excluding hydrogens is 312 g/mol. The van der Waals surface area contributed by atoms with Crippen LogP contribution in [0.15, 0.2) is 18.2 Å².